The number of hydrogen-bond donors (Lipinski definition) is 2. The van der Waals surface area contributed by atoms with Crippen molar-refractivity contribution in [2.45, 2.75) is 6.04 Å². The minimum Gasteiger partial charge on any atom is -0.379 e. The van der Waals surface area contributed by atoms with Crippen LogP contribution >= 0.6 is 0 Å². The van der Waals surface area contributed by atoms with E-state index in [0.29, 0.717) is 18.9 Å². The highest BCUT2D eigenvalue weighted by molar-refractivity contribution is 7.89. The van der Waals surface area contributed by atoms with Crippen LogP contribution in [0.5, 0.6) is 0 Å². The van der Waals surface area contributed by atoms with E-state index < -0.39 is 10.0 Å². The Labute approximate surface area is 130 Å². The summed E-state index contributed by atoms with van der Waals surface area (Å²) in [7, 11) is -0.336. The van der Waals surface area contributed by atoms with Crippen LogP contribution in [-0.2, 0) is 14.8 Å². The molecule has 0 saturated carbocycles. The second-order valence-corrected chi connectivity index (χ2v) is 7.66. The summed E-state index contributed by atoms with van der Waals surface area (Å²) in [6.45, 7) is 0.638. The van der Waals surface area contributed by atoms with E-state index in [1.807, 2.05) is 18.2 Å². The summed E-state index contributed by atoms with van der Waals surface area (Å²) in [6, 6.07) is 8.36. The number of carbonyl (C=O) groups excluding carboxylic acids is 1. The van der Waals surface area contributed by atoms with E-state index in [4.69, 9.17) is 4.74 Å². The Morgan fingerprint density at radius 2 is 1.95 bits per heavy atom. The van der Waals surface area contributed by atoms with Crippen molar-refractivity contribution >= 4 is 21.7 Å². The van der Waals surface area contributed by atoms with Crippen molar-refractivity contribution in [3.63, 3.8) is 0 Å². The third kappa shape index (κ3) is 4.43. The minimum absolute atomic E-state index is 0.0454. The number of carbonyl (C=O) groups is 1. The van der Waals surface area contributed by atoms with Gasteiger partial charge in [-0.15, -0.1) is 0 Å². The molecule has 2 rings (SSSR count). The molecule has 1 heterocycles. The standard InChI is InChI=1S/C14H21N3O4S/c1-17(2)22(19,20)10-11-8-21-9-13(11)16-14(18)15-12-6-4-3-5-7-12/h3-7,11,13H,8-10H2,1-2H3,(H2,15,16,18)/t11-,13+/m0/s1. The number of hydrogen-bond acceptors (Lipinski definition) is 4. The van der Waals surface area contributed by atoms with Crippen LogP contribution in [0.25, 0.3) is 0 Å². The number of anilines is 1. The predicted molar refractivity (Wildman–Crippen MR) is 84.2 cm³/mol. The summed E-state index contributed by atoms with van der Waals surface area (Å²) in [6.07, 6.45) is 0. The molecule has 1 aromatic rings. The highest BCUT2D eigenvalue weighted by atomic mass is 32.2. The second kappa shape index (κ2) is 7.08. The number of urea groups is 1. The topological polar surface area (TPSA) is 87.7 Å². The Morgan fingerprint density at radius 3 is 2.59 bits per heavy atom. The van der Waals surface area contributed by atoms with Crippen molar-refractivity contribution < 1.29 is 17.9 Å². The zero-order valence-electron chi connectivity index (χ0n) is 12.7. The highest BCUT2D eigenvalue weighted by Crippen LogP contribution is 2.17. The molecule has 1 saturated heterocycles. The first-order valence-electron chi connectivity index (χ1n) is 6.99. The lowest BCUT2D eigenvalue weighted by molar-refractivity contribution is 0.184. The first kappa shape index (κ1) is 16.7. The van der Waals surface area contributed by atoms with Gasteiger partial charge in [-0.05, 0) is 12.1 Å². The van der Waals surface area contributed by atoms with Gasteiger partial charge in [0.05, 0.1) is 25.0 Å². The maximum absolute atomic E-state index is 12.0. The molecule has 2 amide bonds. The number of para-hydroxylation sites is 1. The molecule has 0 unspecified atom stereocenters. The molecule has 0 aliphatic carbocycles. The first-order valence-corrected chi connectivity index (χ1v) is 8.60. The number of benzene rings is 1. The highest BCUT2D eigenvalue weighted by Gasteiger charge is 2.34. The van der Waals surface area contributed by atoms with Crippen molar-refractivity contribution in [1.29, 1.82) is 0 Å². The molecule has 122 valence electrons. The molecule has 2 atom stereocenters. The van der Waals surface area contributed by atoms with Gasteiger partial charge in [0.25, 0.3) is 0 Å². The van der Waals surface area contributed by atoms with E-state index in [1.165, 1.54) is 18.4 Å². The molecule has 22 heavy (non-hydrogen) atoms. The summed E-state index contributed by atoms with van der Waals surface area (Å²) in [4.78, 5) is 12.0. The van der Waals surface area contributed by atoms with Crippen LogP contribution in [0.4, 0.5) is 10.5 Å². The Kier molecular flexibility index (Phi) is 5.38. The summed E-state index contributed by atoms with van der Waals surface area (Å²) in [5.74, 6) is -0.301. The molecule has 1 aliphatic heterocycles. The lowest BCUT2D eigenvalue weighted by Gasteiger charge is -2.21. The molecule has 8 heteroatoms. The van der Waals surface area contributed by atoms with Gasteiger partial charge in [-0.1, -0.05) is 18.2 Å². The summed E-state index contributed by atoms with van der Waals surface area (Å²) in [5, 5.41) is 5.49. The third-order valence-corrected chi connectivity index (χ3v) is 5.49. The minimum atomic E-state index is -3.33. The lowest BCUT2D eigenvalue weighted by Crippen LogP contribution is -2.45. The van der Waals surface area contributed by atoms with Crippen molar-refractivity contribution in [1.82, 2.24) is 9.62 Å². The van der Waals surface area contributed by atoms with Crippen LogP contribution in [0.1, 0.15) is 0 Å². The van der Waals surface area contributed by atoms with Crippen molar-refractivity contribution in [3.05, 3.63) is 30.3 Å². The van der Waals surface area contributed by atoms with Gasteiger partial charge in [0, 0.05) is 25.7 Å². The van der Waals surface area contributed by atoms with E-state index in [2.05, 4.69) is 10.6 Å². The fourth-order valence-corrected chi connectivity index (χ4v) is 3.37. The van der Waals surface area contributed by atoms with Gasteiger partial charge in [0.1, 0.15) is 0 Å². The maximum Gasteiger partial charge on any atom is 0.319 e. The van der Waals surface area contributed by atoms with Gasteiger partial charge in [0.15, 0.2) is 0 Å². The molecule has 0 aromatic heterocycles. The maximum atomic E-state index is 12.0. The van der Waals surface area contributed by atoms with Crippen LogP contribution in [0.3, 0.4) is 0 Å². The number of rotatable bonds is 5. The third-order valence-electron chi connectivity index (χ3n) is 3.53. The summed E-state index contributed by atoms with van der Waals surface area (Å²) >= 11 is 0. The normalized spacial score (nSPS) is 21.8. The van der Waals surface area contributed by atoms with Crippen molar-refractivity contribution in [2.24, 2.45) is 5.92 Å². The summed E-state index contributed by atoms with van der Waals surface area (Å²) in [5.41, 5.74) is 0.677. The number of nitrogens with zero attached hydrogens (tertiary/aromatic N) is 1. The number of sulfonamides is 1. The molecular weight excluding hydrogens is 306 g/mol. The van der Waals surface area contributed by atoms with E-state index in [9.17, 15) is 13.2 Å². The molecular formula is C14H21N3O4S. The van der Waals surface area contributed by atoms with Crippen LogP contribution in [0.15, 0.2) is 30.3 Å². The van der Waals surface area contributed by atoms with Gasteiger partial charge in [-0.3, -0.25) is 0 Å². The Morgan fingerprint density at radius 1 is 1.27 bits per heavy atom. The fraction of sp³-hybridized carbons (Fsp3) is 0.500. The molecule has 0 bridgehead atoms. The quantitative estimate of drug-likeness (QED) is 0.834. The van der Waals surface area contributed by atoms with Gasteiger partial charge in [-0.25, -0.2) is 17.5 Å². The molecule has 0 spiro atoms. The Balaban J connectivity index is 1.92. The smallest absolute Gasteiger partial charge is 0.319 e. The Bertz CT molecular complexity index is 604. The number of ether oxygens (including phenoxy) is 1. The van der Waals surface area contributed by atoms with Crippen molar-refractivity contribution in [2.75, 3.05) is 38.4 Å². The van der Waals surface area contributed by atoms with Crippen LogP contribution in [-0.4, -0.2) is 57.9 Å². The van der Waals surface area contributed by atoms with E-state index in [-0.39, 0.29) is 23.7 Å². The zero-order chi connectivity index (χ0) is 16.2. The van der Waals surface area contributed by atoms with Crippen LogP contribution < -0.4 is 10.6 Å². The molecule has 2 N–H and O–H groups in total. The fourth-order valence-electron chi connectivity index (χ4n) is 2.20. The van der Waals surface area contributed by atoms with Gasteiger partial charge in [0.2, 0.25) is 10.0 Å². The average molecular weight is 327 g/mol. The second-order valence-electron chi connectivity index (χ2n) is 5.43. The molecule has 0 radical (unpaired) electrons. The monoisotopic (exact) mass is 327 g/mol. The lowest BCUT2D eigenvalue weighted by atomic mass is 10.1. The molecule has 7 nitrogen and oxygen atoms in total. The number of amides is 2. The van der Waals surface area contributed by atoms with Gasteiger partial charge >= 0.3 is 6.03 Å². The largest absolute Gasteiger partial charge is 0.379 e. The first-order chi connectivity index (χ1) is 10.4. The SMILES string of the molecule is CN(C)S(=O)(=O)C[C@@H]1COC[C@H]1NC(=O)Nc1ccccc1. The summed E-state index contributed by atoms with van der Waals surface area (Å²) < 4.78 is 30.4. The number of nitrogens with one attached hydrogen (secondary N) is 2. The average Bonchev–Trinajstić information content (AvgIpc) is 2.86. The van der Waals surface area contributed by atoms with Gasteiger partial charge < -0.3 is 15.4 Å². The van der Waals surface area contributed by atoms with E-state index in [1.54, 1.807) is 12.1 Å². The van der Waals surface area contributed by atoms with Crippen LogP contribution in [0.2, 0.25) is 0 Å². The van der Waals surface area contributed by atoms with E-state index >= 15 is 0 Å². The molecule has 1 aromatic carbocycles. The Hall–Kier alpha value is -1.64. The zero-order valence-corrected chi connectivity index (χ0v) is 13.5. The van der Waals surface area contributed by atoms with E-state index in [0.717, 1.165) is 0 Å². The predicted octanol–water partition coefficient (Wildman–Crippen LogP) is 0.715. The molecule has 1 fully saturated rings. The van der Waals surface area contributed by atoms with Gasteiger partial charge in [-0.2, -0.15) is 0 Å². The molecule has 1 aliphatic rings. The van der Waals surface area contributed by atoms with Crippen molar-refractivity contribution in [3.8, 4) is 0 Å². The van der Waals surface area contributed by atoms with Crippen LogP contribution in [0, 0.1) is 5.92 Å².